The number of aryl methyl sites for hydroxylation is 1. The Morgan fingerprint density at radius 1 is 1.48 bits per heavy atom. The number of aromatic nitrogens is 2. The van der Waals surface area contributed by atoms with E-state index in [1.165, 1.54) is 0 Å². The average molecular weight is 285 g/mol. The number of nitrogens with one attached hydrogen (secondary N) is 1. The van der Waals surface area contributed by atoms with Crippen LogP contribution in [0.25, 0.3) is 0 Å². The Hall–Kier alpha value is -2.30. The molecule has 1 aliphatic heterocycles. The fourth-order valence-electron chi connectivity index (χ4n) is 2.67. The minimum atomic E-state index is -0.120. The molecule has 1 aromatic heterocycles. The van der Waals surface area contributed by atoms with Crippen LogP contribution in [0.1, 0.15) is 17.0 Å². The van der Waals surface area contributed by atoms with Crippen LogP contribution in [-0.2, 0) is 17.8 Å². The van der Waals surface area contributed by atoms with Crippen molar-refractivity contribution in [2.75, 3.05) is 13.7 Å². The standard InChI is InChI=1S/C16H19N3O2/c1-11-7-14(18-17-11)9-19(2)16(20)13-8-12-5-3-4-6-15(12)21-10-13/h3-7,13H,8-10H2,1-2H3,(H,17,18)/t13-/m1/s1. The maximum Gasteiger partial charge on any atom is 0.229 e. The zero-order valence-electron chi connectivity index (χ0n) is 12.3. The molecule has 21 heavy (non-hydrogen) atoms. The van der Waals surface area contributed by atoms with Crippen LogP contribution in [0.15, 0.2) is 30.3 Å². The molecule has 1 N–H and O–H groups in total. The maximum atomic E-state index is 12.5. The van der Waals surface area contributed by atoms with Crippen molar-refractivity contribution in [3.05, 3.63) is 47.3 Å². The topological polar surface area (TPSA) is 58.2 Å². The lowest BCUT2D eigenvalue weighted by atomic mass is 9.95. The largest absolute Gasteiger partial charge is 0.492 e. The Labute approximate surface area is 123 Å². The molecule has 5 nitrogen and oxygen atoms in total. The van der Waals surface area contributed by atoms with Crippen LogP contribution in [0, 0.1) is 12.8 Å². The van der Waals surface area contributed by atoms with Crippen LogP contribution >= 0.6 is 0 Å². The van der Waals surface area contributed by atoms with Gasteiger partial charge in [0, 0.05) is 12.7 Å². The molecule has 0 bridgehead atoms. The minimum absolute atomic E-state index is 0.102. The monoisotopic (exact) mass is 285 g/mol. The van der Waals surface area contributed by atoms with Crippen molar-refractivity contribution in [2.24, 2.45) is 5.92 Å². The van der Waals surface area contributed by atoms with Crippen LogP contribution in [-0.4, -0.2) is 34.7 Å². The molecular weight excluding hydrogens is 266 g/mol. The molecule has 0 fully saturated rings. The van der Waals surface area contributed by atoms with Gasteiger partial charge in [-0.05, 0) is 31.0 Å². The van der Waals surface area contributed by atoms with Gasteiger partial charge in [-0.3, -0.25) is 9.89 Å². The highest BCUT2D eigenvalue weighted by Gasteiger charge is 2.28. The van der Waals surface area contributed by atoms with E-state index in [9.17, 15) is 4.79 Å². The van der Waals surface area contributed by atoms with Crippen molar-refractivity contribution in [2.45, 2.75) is 19.9 Å². The molecule has 1 atom stereocenters. The lowest BCUT2D eigenvalue weighted by molar-refractivity contribution is -0.136. The Kier molecular flexibility index (Phi) is 3.64. The Morgan fingerprint density at radius 2 is 2.29 bits per heavy atom. The van der Waals surface area contributed by atoms with Gasteiger partial charge in [0.05, 0.1) is 18.2 Å². The molecule has 1 aromatic carbocycles. The molecule has 0 unspecified atom stereocenters. The van der Waals surface area contributed by atoms with Gasteiger partial charge in [-0.15, -0.1) is 0 Å². The minimum Gasteiger partial charge on any atom is -0.492 e. The third-order valence-corrected chi connectivity index (χ3v) is 3.76. The number of nitrogens with zero attached hydrogens (tertiary/aromatic N) is 2. The van der Waals surface area contributed by atoms with Gasteiger partial charge in [0.25, 0.3) is 0 Å². The molecule has 110 valence electrons. The summed E-state index contributed by atoms with van der Waals surface area (Å²) < 4.78 is 5.69. The van der Waals surface area contributed by atoms with Gasteiger partial charge in [-0.2, -0.15) is 5.10 Å². The zero-order chi connectivity index (χ0) is 14.8. The van der Waals surface area contributed by atoms with Gasteiger partial charge in [-0.25, -0.2) is 0 Å². The van der Waals surface area contributed by atoms with E-state index in [2.05, 4.69) is 10.2 Å². The molecule has 1 amide bonds. The molecule has 0 saturated carbocycles. The summed E-state index contributed by atoms with van der Waals surface area (Å²) >= 11 is 0. The number of carbonyl (C=O) groups is 1. The molecule has 0 radical (unpaired) electrons. The summed E-state index contributed by atoms with van der Waals surface area (Å²) in [5.74, 6) is 0.877. The van der Waals surface area contributed by atoms with E-state index in [1.807, 2.05) is 44.3 Å². The van der Waals surface area contributed by atoms with Crippen molar-refractivity contribution in [3.63, 3.8) is 0 Å². The molecule has 0 aliphatic carbocycles. The second kappa shape index (κ2) is 5.60. The third kappa shape index (κ3) is 2.91. The lowest BCUT2D eigenvalue weighted by Crippen LogP contribution is -2.38. The average Bonchev–Trinajstić information content (AvgIpc) is 2.91. The van der Waals surface area contributed by atoms with Crippen LogP contribution in [0.2, 0.25) is 0 Å². The van der Waals surface area contributed by atoms with Crippen molar-refractivity contribution >= 4 is 5.91 Å². The second-order valence-electron chi connectivity index (χ2n) is 5.56. The van der Waals surface area contributed by atoms with Crippen molar-refractivity contribution in [3.8, 4) is 5.75 Å². The number of ether oxygens (including phenoxy) is 1. The Bertz CT molecular complexity index is 650. The number of fused-ring (bicyclic) bond motifs is 1. The predicted molar refractivity (Wildman–Crippen MR) is 78.9 cm³/mol. The van der Waals surface area contributed by atoms with Crippen LogP contribution in [0.5, 0.6) is 5.75 Å². The first-order valence-electron chi connectivity index (χ1n) is 7.10. The molecule has 5 heteroatoms. The van der Waals surface area contributed by atoms with Crippen molar-refractivity contribution in [1.82, 2.24) is 15.1 Å². The molecule has 1 aliphatic rings. The third-order valence-electron chi connectivity index (χ3n) is 3.76. The lowest BCUT2D eigenvalue weighted by Gasteiger charge is -2.27. The molecule has 2 aromatic rings. The van der Waals surface area contributed by atoms with E-state index in [1.54, 1.807) is 4.90 Å². The summed E-state index contributed by atoms with van der Waals surface area (Å²) in [5, 5.41) is 7.06. The number of para-hydroxylation sites is 1. The summed E-state index contributed by atoms with van der Waals surface area (Å²) in [5.41, 5.74) is 2.98. The number of hydrogen-bond donors (Lipinski definition) is 1. The number of aromatic amines is 1. The Balaban J connectivity index is 1.66. The van der Waals surface area contributed by atoms with Crippen LogP contribution in [0.3, 0.4) is 0 Å². The van der Waals surface area contributed by atoms with Crippen molar-refractivity contribution < 1.29 is 9.53 Å². The number of hydrogen-bond acceptors (Lipinski definition) is 3. The van der Waals surface area contributed by atoms with E-state index in [4.69, 9.17) is 4.74 Å². The normalized spacial score (nSPS) is 17.0. The van der Waals surface area contributed by atoms with Gasteiger partial charge in [0.15, 0.2) is 0 Å². The summed E-state index contributed by atoms with van der Waals surface area (Å²) in [6, 6.07) is 9.85. The Morgan fingerprint density at radius 3 is 3.05 bits per heavy atom. The van der Waals surface area contributed by atoms with Gasteiger partial charge in [-0.1, -0.05) is 18.2 Å². The van der Waals surface area contributed by atoms with E-state index < -0.39 is 0 Å². The van der Waals surface area contributed by atoms with Gasteiger partial charge < -0.3 is 9.64 Å². The van der Waals surface area contributed by atoms with Crippen LogP contribution < -0.4 is 4.74 Å². The van der Waals surface area contributed by atoms with E-state index in [0.29, 0.717) is 13.2 Å². The first kappa shape index (κ1) is 13.7. The molecule has 3 rings (SSSR count). The van der Waals surface area contributed by atoms with Crippen LogP contribution in [0.4, 0.5) is 0 Å². The van der Waals surface area contributed by atoms with Crippen molar-refractivity contribution in [1.29, 1.82) is 0 Å². The predicted octanol–water partition coefficient (Wildman–Crippen LogP) is 1.93. The maximum absolute atomic E-state index is 12.5. The fourth-order valence-corrected chi connectivity index (χ4v) is 2.67. The highest BCUT2D eigenvalue weighted by molar-refractivity contribution is 5.79. The fraction of sp³-hybridized carbons (Fsp3) is 0.375. The first-order valence-corrected chi connectivity index (χ1v) is 7.10. The highest BCUT2D eigenvalue weighted by atomic mass is 16.5. The summed E-state index contributed by atoms with van der Waals surface area (Å²) in [6.45, 7) is 2.91. The second-order valence-corrected chi connectivity index (χ2v) is 5.56. The van der Waals surface area contributed by atoms with Gasteiger partial charge >= 0.3 is 0 Å². The summed E-state index contributed by atoms with van der Waals surface area (Å²) in [7, 11) is 1.81. The molecule has 0 saturated heterocycles. The van der Waals surface area contributed by atoms with E-state index >= 15 is 0 Å². The first-order chi connectivity index (χ1) is 10.1. The number of rotatable bonds is 3. The quantitative estimate of drug-likeness (QED) is 0.937. The SMILES string of the molecule is Cc1cc(CN(C)C(=O)[C@H]2COc3ccccc3C2)n[nH]1. The van der Waals surface area contributed by atoms with E-state index in [-0.39, 0.29) is 11.8 Å². The molecule has 2 heterocycles. The molecular formula is C16H19N3O2. The summed E-state index contributed by atoms with van der Waals surface area (Å²) in [4.78, 5) is 14.2. The molecule has 0 spiro atoms. The van der Waals surface area contributed by atoms with Gasteiger partial charge in [0.2, 0.25) is 5.91 Å². The highest BCUT2D eigenvalue weighted by Crippen LogP contribution is 2.27. The number of H-pyrrole nitrogens is 1. The van der Waals surface area contributed by atoms with E-state index in [0.717, 1.165) is 29.1 Å². The smallest absolute Gasteiger partial charge is 0.229 e. The summed E-state index contributed by atoms with van der Waals surface area (Å²) in [6.07, 6.45) is 0.735. The number of benzene rings is 1. The zero-order valence-corrected chi connectivity index (χ0v) is 12.3. The number of amides is 1. The van der Waals surface area contributed by atoms with Gasteiger partial charge in [0.1, 0.15) is 12.4 Å². The number of carbonyl (C=O) groups excluding carboxylic acids is 1.